The lowest BCUT2D eigenvalue weighted by molar-refractivity contribution is 0.233. The zero-order valence-corrected chi connectivity index (χ0v) is 20.8. The maximum Gasteiger partial charge on any atom is 0.137 e. The van der Waals surface area contributed by atoms with Gasteiger partial charge in [0.1, 0.15) is 14.2 Å². The van der Waals surface area contributed by atoms with E-state index in [1.165, 1.54) is 77.0 Å². The van der Waals surface area contributed by atoms with Crippen LogP contribution in [0.5, 0.6) is 0 Å². The Kier molecular flexibility index (Phi) is 18.6. The lowest BCUT2D eigenvalue weighted by Crippen LogP contribution is -2.19. The quantitative estimate of drug-likeness (QED) is 0.113. The van der Waals surface area contributed by atoms with Crippen LogP contribution in [-0.4, -0.2) is 31.0 Å². The highest BCUT2D eigenvalue weighted by molar-refractivity contribution is 6.83. The summed E-state index contributed by atoms with van der Waals surface area (Å²) in [6.45, 7) is 8.61. The normalized spacial score (nSPS) is 13.5. The molecule has 0 amide bonds. The lowest BCUT2D eigenvalue weighted by atomic mass is 10.0. The van der Waals surface area contributed by atoms with E-state index in [1.54, 1.807) is 0 Å². The molecule has 1 unspecified atom stereocenters. The minimum atomic E-state index is -1.49. The van der Waals surface area contributed by atoms with Crippen LogP contribution in [0, 0.1) is 11.5 Å². The number of aliphatic hydroxyl groups is 2. The van der Waals surface area contributed by atoms with E-state index in [-0.39, 0.29) is 6.61 Å². The number of aliphatic hydroxyl groups excluding tert-OH is 2. The molecule has 0 saturated heterocycles. The van der Waals surface area contributed by atoms with Crippen LogP contribution in [-0.2, 0) is 0 Å². The zero-order chi connectivity index (χ0) is 21.8. The van der Waals surface area contributed by atoms with E-state index >= 15 is 0 Å². The highest BCUT2D eigenvalue weighted by atomic mass is 28.3. The lowest BCUT2D eigenvalue weighted by Gasteiger charge is -2.09. The third-order valence-corrected chi connectivity index (χ3v) is 5.88. The van der Waals surface area contributed by atoms with E-state index < -0.39 is 14.2 Å². The topological polar surface area (TPSA) is 40.5 Å². The molecule has 0 fully saturated rings. The molecule has 29 heavy (non-hydrogen) atoms. The summed E-state index contributed by atoms with van der Waals surface area (Å²) in [4.78, 5) is 0. The Morgan fingerprint density at radius 3 is 1.76 bits per heavy atom. The molecule has 0 aliphatic carbocycles. The van der Waals surface area contributed by atoms with Crippen molar-refractivity contribution in [3.63, 3.8) is 0 Å². The highest BCUT2D eigenvalue weighted by Crippen LogP contribution is 2.13. The minimum absolute atomic E-state index is 0.101. The van der Waals surface area contributed by atoms with Gasteiger partial charge in [0.2, 0.25) is 0 Å². The summed E-state index contributed by atoms with van der Waals surface area (Å²) in [7, 11) is -1.49. The summed E-state index contributed by atoms with van der Waals surface area (Å²) in [6.07, 6.45) is 23.7. The summed E-state index contributed by atoms with van der Waals surface area (Å²) >= 11 is 0. The molecule has 0 aliphatic heterocycles. The van der Waals surface area contributed by atoms with Crippen molar-refractivity contribution >= 4 is 8.07 Å². The first-order valence-corrected chi connectivity index (χ1v) is 15.6. The zero-order valence-electron chi connectivity index (χ0n) is 19.8. The fourth-order valence-corrected chi connectivity index (χ4v) is 3.70. The van der Waals surface area contributed by atoms with E-state index in [2.05, 4.69) is 50.2 Å². The van der Waals surface area contributed by atoms with Crippen molar-refractivity contribution in [2.45, 2.75) is 123 Å². The van der Waals surface area contributed by atoms with Crippen molar-refractivity contribution in [2.75, 3.05) is 6.61 Å². The summed E-state index contributed by atoms with van der Waals surface area (Å²) < 4.78 is 0. The van der Waals surface area contributed by atoms with Gasteiger partial charge in [0.25, 0.3) is 0 Å². The fourth-order valence-electron chi connectivity index (χ4n) is 3.13. The van der Waals surface area contributed by atoms with E-state index in [0.717, 1.165) is 12.8 Å². The molecule has 1 atom stereocenters. The smallest absolute Gasteiger partial charge is 0.137 e. The first-order valence-electron chi connectivity index (χ1n) is 12.1. The Morgan fingerprint density at radius 2 is 1.28 bits per heavy atom. The molecule has 0 aliphatic rings. The first kappa shape index (κ1) is 28.2. The van der Waals surface area contributed by atoms with Crippen molar-refractivity contribution in [3.8, 4) is 11.5 Å². The summed E-state index contributed by atoms with van der Waals surface area (Å²) in [5.74, 6) is 2.91. The van der Waals surface area contributed by atoms with Crippen LogP contribution in [0.15, 0.2) is 23.8 Å². The number of hydrogen-bond acceptors (Lipinski definition) is 2. The Hall–Kier alpha value is -0.823. The largest absolute Gasteiger partial charge is 0.392 e. The average molecular weight is 421 g/mol. The molecule has 0 aromatic rings. The standard InChI is InChI=1S/C26H48O2Si/c1-5-6-7-8-9-10-11-12-13-14-15-16-17-18-19-20-21-25(24-27)26(28)22-23-29(2,3)4/h8-9,21,26-28H,5-7,10-20,24H2,1-4H3/b9-8-,25-21-. The molecule has 0 spiro atoms. The van der Waals surface area contributed by atoms with Gasteiger partial charge >= 0.3 is 0 Å². The number of hydrogen-bond donors (Lipinski definition) is 2. The molecule has 2 nitrogen and oxygen atoms in total. The SMILES string of the molecule is CCCC/C=C\CCCCCCCCCCC/C=C(/CO)C(O)C#C[Si](C)(C)C. The second-order valence-corrected chi connectivity index (χ2v) is 14.0. The Morgan fingerprint density at radius 1 is 0.793 bits per heavy atom. The Labute approximate surface area is 182 Å². The third kappa shape index (κ3) is 20.2. The van der Waals surface area contributed by atoms with Gasteiger partial charge in [0, 0.05) is 0 Å². The van der Waals surface area contributed by atoms with Gasteiger partial charge in [-0.3, -0.25) is 0 Å². The molecular weight excluding hydrogens is 372 g/mol. The highest BCUT2D eigenvalue weighted by Gasteiger charge is 2.10. The predicted molar refractivity (Wildman–Crippen MR) is 132 cm³/mol. The van der Waals surface area contributed by atoms with Crippen molar-refractivity contribution in [3.05, 3.63) is 23.8 Å². The first-order chi connectivity index (χ1) is 13.9. The van der Waals surface area contributed by atoms with Crippen LogP contribution in [0.1, 0.15) is 96.8 Å². The molecule has 0 aromatic carbocycles. The summed E-state index contributed by atoms with van der Waals surface area (Å²) in [6, 6.07) is 0. The second kappa shape index (κ2) is 19.2. The summed E-state index contributed by atoms with van der Waals surface area (Å²) in [5.41, 5.74) is 3.84. The van der Waals surface area contributed by atoms with Gasteiger partial charge in [-0.05, 0) is 37.7 Å². The van der Waals surface area contributed by atoms with Gasteiger partial charge in [-0.2, -0.15) is 0 Å². The molecule has 0 rings (SSSR count). The van der Waals surface area contributed by atoms with Gasteiger partial charge < -0.3 is 10.2 Å². The van der Waals surface area contributed by atoms with Crippen LogP contribution in [0.2, 0.25) is 19.6 Å². The van der Waals surface area contributed by atoms with E-state index in [1.807, 2.05) is 6.08 Å². The molecule has 0 saturated carbocycles. The minimum Gasteiger partial charge on any atom is -0.392 e. The van der Waals surface area contributed by atoms with E-state index in [9.17, 15) is 10.2 Å². The van der Waals surface area contributed by atoms with Gasteiger partial charge in [0.15, 0.2) is 0 Å². The maximum absolute atomic E-state index is 10.1. The molecule has 0 aromatic heterocycles. The molecule has 0 heterocycles. The molecule has 168 valence electrons. The second-order valence-electron chi connectivity index (χ2n) is 9.23. The number of unbranched alkanes of at least 4 members (excludes halogenated alkanes) is 12. The molecule has 0 radical (unpaired) electrons. The van der Waals surface area contributed by atoms with Crippen molar-refractivity contribution in [1.29, 1.82) is 0 Å². The monoisotopic (exact) mass is 420 g/mol. The molecule has 3 heteroatoms. The number of rotatable bonds is 17. The number of allylic oxidation sites excluding steroid dienone is 3. The predicted octanol–water partition coefficient (Wildman–Crippen LogP) is 7.18. The molecule has 0 bridgehead atoms. The van der Waals surface area contributed by atoms with Gasteiger partial charge in [-0.1, -0.05) is 109 Å². The van der Waals surface area contributed by atoms with Gasteiger partial charge in [-0.25, -0.2) is 0 Å². The fraction of sp³-hybridized carbons (Fsp3) is 0.769. The van der Waals surface area contributed by atoms with E-state index in [0.29, 0.717) is 5.57 Å². The van der Waals surface area contributed by atoms with Crippen molar-refractivity contribution in [2.24, 2.45) is 0 Å². The van der Waals surface area contributed by atoms with Gasteiger partial charge in [-0.15, -0.1) is 5.54 Å². The van der Waals surface area contributed by atoms with Crippen LogP contribution >= 0.6 is 0 Å². The molecule has 2 N–H and O–H groups in total. The van der Waals surface area contributed by atoms with Gasteiger partial charge in [0.05, 0.1) is 6.61 Å². The van der Waals surface area contributed by atoms with Crippen LogP contribution in [0.25, 0.3) is 0 Å². The van der Waals surface area contributed by atoms with Crippen LogP contribution < -0.4 is 0 Å². The van der Waals surface area contributed by atoms with Crippen LogP contribution in [0.4, 0.5) is 0 Å². The van der Waals surface area contributed by atoms with Crippen molar-refractivity contribution < 1.29 is 10.2 Å². The van der Waals surface area contributed by atoms with E-state index in [4.69, 9.17) is 0 Å². The molecular formula is C26H48O2Si. The van der Waals surface area contributed by atoms with Crippen LogP contribution in [0.3, 0.4) is 0 Å². The van der Waals surface area contributed by atoms with Crippen molar-refractivity contribution in [1.82, 2.24) is 0 Å². The third-order valence-electron chi connectivity index (χ3n) is 4.99. The Balaban J connectivity index is 3.63. The summed E-state index contributed by atoms with van der Waals surface area (Å²) in [5, 5.41) is 19.6. The maximum atomic E-state index is 10.1. The Bertz CT molecular complexity index is 491. The average Bonchev–Trinajstić information content (AvgIpc) is 2.68.